The first-order valence-corrected chi connectivity index (χ1v) is 11.1. The normalized spacial score (nSPS) is 14.4. The summed E-state index contributed by atoms with van der Waals surface area (Å²) in [5.41, 5.74) is 0. The fourth-order valence-corrected chi connectivity index (χ4v) is 4.02. The fourth-order valence-electron chi connectivity index (χ4n) is 2.69. The van der Waals surface area contributed by atoms with E-state index in [0.29, 0.717) is 6.42 Å². The van der Waals surface area contributed by atoms with E-state index in [4.69, 9.17) is 4.52 Å². The van der Waals surface area contributed by atoms with Gasteiger partial charge in [0.1, 0.15) is 0 Å². The van der Waals surface area contributed by atoms with Crippen LogP contribution in [0.5, 0.6) is 0 Å². The topological polar surface area (TPSA) is 26.3 Å². The van der Waals surface area contributed by atoms with Gasteiger partial charge in [0.25, 0.3) is 0 Å². The Bertz CT molecular complexity index is 282. The molecule has 0 aliphatic carbocycles. The van der Waals surface area contributed by atoms with Gasteiger partial charge in [-0.3, -0.25) is 4.57 Å². The number of hydrogen-bond acceptors (Lipinski definition) is 2. The summed E-state index contributed by atoms with van der Waals surface area (Å²) >= 11 is 0. The molecule has 1 unspecified atom stereocenters. The van der Waals surface area contributed by atoms with Crippen molar-refractivity contribution in [1.82, 2.24) is 0 Å². The lowest BCUT2D eigenvalue weighted by Crippen LogP contribution is -2.00. The zero-order valence-electron chi connectivity index (χ0n) is 15.1. The molecule has 0 fully saturated rings. The molecule has 0 saturated heterocycles. The molecule has 0 heterocycles. The van der Waals surface area contributed by atoms with Gasteiger partial charge in [-0.15, -0.1) is 0 Å². The van der Waals surface area contributed by atoms with Crippen LogP contribution in [0.3, 0.4) is 0 Å². The van der Waals surface area contributed by atoms with E-state index in [-0.39, 0.29) is 12.3 Å². The molecule has 0 spiro atoms. The molecule has 0 saturated carbocycles. The maximum absolute atomic E-state index is 13.5. The van der Waals surface area contributed by atoms with Crippen molar-refractivity contribution < 1.29 is 13.3 Å². The van der Waals surface area contributed by atoms with Crippen LogP contribution in [0, 0.1) is 0 Å². The number of halogens is 1. The molecular weight excluding hydrogens is 298 g/mol. The average Bonchev–Trinajstić information content (AvgIpc) is 2.42. The van der Waals surface area contributed by atoms with Crippen molar-refractivity contribution in [2.24, 2.45) is 0 Å². The van der Waals surface area contributed by atoms with E-state index < -0.39 is 7.68 Å². The highest BCUT2D eigenvalue weighted by atomic mass is 31.2. The van der Waals surface area contributed by atoms with E-state index in [0.717, 1.165) is 12.8 Å². The van der Waals surface area contributed by atoms with E-state index in [9.17, 15) is 8.76 Å². The lowest BCUT2D eigenvalue weighted by atomic mass is 10.1. The monoisotopic (exact) mass is 336 g/mol. The Morgan fingerprint density at radius 1 is 0.773 bits per heavy atom. The quantitative estimate of drug-likeness (QED) is 0.213. The van der Waals surface area contributed by atoms with Crippen molar-refractivity contribution >= 4 is 7.68 Å². The minimum atomic E-state index is -3.83. The summed E-state index contributed by atoms with van der Waals surface area (Å²) < 4.78 is 29.8. The molecule has 0 aromatic rings. The van der Waals surface area contributed by atoms with E-state index in [1.165, 1.54) is 64.2 Å². The van der Waals surface area contributed by atoms with Gasteiger partial charge in [-0.25, -0.2) is 0 Å². The summed E-state index contributed by atoms with van der Waals surface area (Å²) in [4.78, 5) is 0. The van der Waals surface area contributed by atoms with Crippen molar-refractivity contribution in [3.05, 3.63) is 0 Å². The molecule has 0 aromatic carbocycles. The number of hydrogen-bond donors (Lipinski definition) is 0. The van der Waals surface area contributed by atoms with E-state index in [1.54, 1.807) is 13.8 Å². The Morgan fingerprint density at radius 2 is 1.14 bits per heavy atom. The van der Waals surface area contributed by atoms with Gasteiger partial charge < -0.3 is 4.52 Å². The molecular formula is C18H38FO2P. The van der Waals surface area contributed by atoms with Crippen LogP contribution in [0.2, 0.25) is 0 Å². The Balaban J connectivity index is 3.22. The first-order chi connectivity index (χ1) is 10.5. The number of rotatable bonds is 16. The summed E-state index contributed by atoms with van der Waals surface area (Å²) in [7, 11) is -3.83. The SMILES string of the molecule is CCCCCCCCCCCCCCCP(=O)(F)OC(C)C. The molecule has 1 atom stereocenters. The molecule has 4 heteroatoms. The van der Waals surface area contributed by atoms with Crippen LogP contribution < -0.4 is 0 Å². The van der Waals surface area contributed by atoms with Gasteiger partial charge in [-0.05, 0) is 20.3 Å². The highest BCUT2D eigenvalue weighted by Gasteiger charge is 2.22. The van der Waals surface area contributed by atoms with Crippen molar-refractivity contribution in [3.8, 4) is 0 Å². The molecule has 22 heavy (non-hydrogen) atoms. The maximum Gasteiger partial charge on any atom is 0.367 e. The lowest BCUT2D eigenvalue weighted by molar-refractivity contribution is 0.223. The maximum atomic E-state index is 13.5. The predicted molar refractivity (Wildman–Crippen MR) is 95.5 cm³/mol. The standard InChI is InChI=1S/C18H38FO2P/c1-4-5-6-7-8-9-10-11-12-13-14-15-16-17-22(19,20)21-18(2)3/h18H,4-17H2,1-3H3. The molecule has 134 valence electrons. The van der Waals surface area contributed by atoms with Crippen LogP contribution in [0.25, 0.3) is 0 Å². The van der Waals surface area contributed by atoms with Gasteiger partial charge in [-0.1, -0.05) is 84.0 Å². The molecule has 0 rings (SSSR count). The Labute approximate surface area is 138 Å². The van der Waals surface area contributed by atoms with Crippen LogP contribution in [0.1, 0.15) is 104 Å². The summed E-state index contributed by atoms with van der Waals surface area (Å²) in [6.45, 7) is 5.69. The largest absolute Gasteiger partial charge is 0.367 e. The minimum absolute atomic E-state index is 0.0862. The molecule has 0 radical (unpaired) electrons. The van der Waals surface area contributed by atoms with Gasteiger partial charge in [-0.2, -0.15) is 4.20 Å². The second-order valence-corrected chi connectivity index (χ2v) is 8.55. The third-order valence-electron chi connectivity index (χ3n) is 3.90. The number of unbranched alkanes of at least 4 members (excludes halogenated alkanes) is 12. The zero-order chi connectivity index (χ0) is 16.7. The van der Waals surface area contributed by atoms with Crippen LogP contribution in [0.15, 0.2) is 0 Å². The second kappa shape index (κ2) is 14.7. The smallest absolute Gasteiger partial charge is 0.303 e. The zero-order valence-corrected chi connectivity index (χ0v) is 16.0. The van der Waals surface area contributed by atoms with Gasteiger partial charge in [0.2, 0.25) is 0 Å². The molecule has 0 aliphatic heterocycles. The van der Waals surface area contributed by atoms with Crippen molar-refractivity contribution in [3.63, 3.8) is 0 Å². The molecule has 0 aliphatic rings. The van der Waals surface area contributed by atoms with Crippen LogP contribution in [-0.2, 0) is 9.09 Å². The van der Waals surface area contributed by atoms with E-state index in [2.05, 4.69) is 6.92 Å². The van der Waals surface area contributed by atoms with E-state index in [1.807, 2.05) is 0 Å². The first kappa shape index (κ1) is 22.1. The Hall–Kier alpha value is 0.120. The average molecular weight is 336 g/mol. The van der Waals surface area contributed by atoms with Crippen LogP contribution >= 0.6 is 7.68 Å². The molecule has 0 aromatic heterocycles. The van der Waals surface area contributed by atoms with Gasteiger partial charge >= 0.3 is 7.68 Å². The molecule has 2 nitrogen and oxygen atoms in total. The van der Waals surface area contributed by atoms with Gasteiger partial charge in [0.05, 0.1) is 12.3 Å². The van der Waals surface area contributed by atoms with E-state index >= 15 is 0 Å². The molecule has 0 amide bonds. The van der Waals surface area contributed by atoms with Crippen molar-refractivity contribution in [2.75, 3.05) is 6.16 Å². The summed E-state index contributed by atoms with van der Waals surface area (Å²) in [5, 5.41) is 0. The third-order valence-corrected chi connectivity index (χ3v) is 5.48. The summed E-state index contributed by atoms with van der Waals surface area (Å²) in [6.07, 6.45) is 16.0. The Kier molecular flexibility index (Phi) is 14.8. The van der Waals surface area contributed by atoms with Crippen LogP contribution in [0.4, 0.5) is 4.20 Å². The van der Waals surface area contributed by atoms with Crippen molar-refractivity contribution in [2.45, 2.75) is 110 Å². The molecule has 0 bridgehead atoms. The highest BCUT2D eigenvalue weighted by Crippen LogP contribution is 2.50. The Morgan fingerprint density at radius 3 is 1.50 bits per heavy atom. The minimum Gasteiger partial charge on any atom is -0.303 e. The van der Waals surface area contributed by atoms with Crippen LogP contribution in [-0.4, -0.2) is 12.3 Å². The summed E-state index contributed by atoms with van der Waals surface area (Å²) in [6, 6.07) is 0. The molecule has 0 N–H and O–H groups in total. The van der Waals surface area contributed by atoms with Crippen molar-refractivity contribution in [1.29, 1.82) is 0 Å². The summed E-state index contributed by atoms with van der Waals surface area (Å²) in [5.74, 6) is 0. The fraction of sp³-hybridized carbons (Fsp3) is 1.00. The third kappa shape index (κ3) is 16.5. The first-order valence-electron chi connectivity index (χ1n) is 9.45. The second-order valence-electron chi connectivity index (χ2n) is 6.71. The predicted octanol–water partition coefficient (Wildman–Crippen LogP) is 7.67. The highest BCUT2D eigenvalue weighted by molar-refractivity contribution is 7.53. The van der Waals surface area contributed by atoms with Gasteiger partial charge in [0.15, 0.2) is 0 Å². The lowest BCUT2D eigenvalue weighted by Gasteiger charge is -2.12. The van der Waals surface area contributed by atoms with Gasteiger partial charge in [0, 0.05) is 0 Å².